The molecule has 0 aromatic heterocycles. The number of nitrogens with zero attached hydrogens (tertiary/aromatic N) is 2. The van der Waals surface area contributed by atoms with Gasteiger partial charge in [0.2, 0.25) is 11.8 Å². The van der Waals surface area contributed by atoms with Crippen molar-refractivity contribution in [1.29, 1.82) is 0 Å². The van der Waals surface area contributed by atoms with Gasteiger partial charge in [-0.05, 0) is 24.1 Å². The quantitative estimate of drug-likeness (QED) is 0.803. The highest BCUT2D eigenvalue weighted by Crippen LogP contribution is 2.29. The van der Waals surface area contributed by atoms with Crippen molar-refractivity contribution < 1.29 is 27.9 Å². The molecular weight excluding hydrogens is 375 g/mol. The Hall–Kier alpha value is -2.13. The molecule has 0 aliphatic carbocycles. The van der Waals surface area contributed by atoms with Gasteiger partial charge in [-0.25, -0.2) is 0 Å². The van der Waals surface area contributed by atoms with Crippen molar-refractivity contribution in [2.45, 2.75) is 50.7 Å². The van der Waals surface area contributed by atoms with Gasteiger partial charge >= 0.3 is 6.18 Å². The van der Waals surface area contributed by atoms with Gasteiger partial charge in [0, 0.05) is 45.6 Å². The van der Waals surface area contributed by atoms with E-state index in [1.807, 2.05) is 0 Å². The van der Waals surface area contributed by atoms with Gasteiger partial charge in [0.15, 0.2) is 0 Å². The molecular formula is C19H24F3N3O3. The summed E-state index contributed by atoms with van der Waals surface area (Å²) in [6.07, 6.45) is -4.09. The van der Waals surface area contributed by atoms with Gasteiger partial charge in [0.25, 0.3) is 0 Å². The molecule has 28 heavy (non-hydrogen) atoms. The summed E-state index contributed by atoms with van der Waals surface area (Å²) < 4.78 is 37.9. The molecule has 154 valence electrons. The van der Waals surface area contributed by atoms with E-state index in [1.165, 1.54) is 24.0 Å². The molecule has 1 aromatic carbocycles. The molecule has 1 unspecified atom stereocenters. The van der Waals surface area contributed by atoms with Gasteiger partial charge in [-0.2, -0.15) is 13.2 Å². The maximum atomic E-state index is 12.6. The predicted molar refractivity (Wildman–Crippen MR) is 95.1 cm³/mol. The van der Waals surface area contributed by atoms with E-state index in [2.05, 4.69) is 10.2 Å². The second-order valence-electron chi connectivity index (χ2n) is 7.50. The van der Waals surface area contributed by atoms with Crippen LogP contribution >= 0.6 is 0 Å². The van der Waals surface area contributed by atoms with Crippen LogP contribution in [0.5, 0.6) is 0 Å². The van der Waals surface area contributed by atoms with E-state index in [1.54, 1.807) is 0 Å². The summed E-state index contributed by atoms with van der Waals surface area (Å²) in [5.41, 5.74) is 0.109. The van der Waals surface area contributed by atoms with Gasteiger partial charge in [-0.3, -0.25) is 14.5 Å². The molecule has 2 aliphatic rings. The number of benzene rings is 1. The van der Waals surface area contributed by atoms with Crippen LogP contribution in [0.1, 0.15) is 30.9 Å². The SMILES string of the molecule is CC(=O)N1C[C@H](O)C[C@@H]1C(=O)NC1CCN(Cc2ccc(C(F)(F)F)cc2)C1. The largest absolute Gasteiger partial charge is 0.416 e. The van der Waals surface area contributed by atoms with Gasteiger partial charge in [-0.15, -0.1) is 0 Å². The number of nitrogens with one attached hydrogen (secondary N) is 1. The molecule has 0 spiro atoms. The number of carbonyl (C=O) groups excluding carboxylic acids is 2. The number of halogens is 3. The third-order valence-corrected chi connectivity index (χ3v) is 5.29. The zero-order valence-electron chi connectivity index (χ0n) is 15.6. The molecule has 2 N–H and O–H groups in total. The fourth-order valence-corrected chi connectivity index (χ4v) is 3.86. The van der Waals surface area contributed by atoms with Gasteiger partial charge < -0.3 is 15.3 Å². The highest BCUT2D eigenvalue weighted by Gasteiger charge is 2.38. The number of aliphatic hydroxyl groups is 1. The molecule has 0 radical (unpaired) electrons. The number of alkyl halides is 3. The van der Waals surface area contributed by atoms with Crippen LogP contribution in [0.15, 0.2) is 24.3 Å². The first kappa shape index (κ1) is 20.6. The van der Waals surface area contributed by atoms with E-state index in [4.69, 9.17) is 0 Å². The van der Waals surface area contributed by atoms with E-state index < -0.39 is 23.9 Å². The molecule has 2 aliphatic heterocycles. The average molecular weight is 399 g/mol. The highest BCUT2D eigenvalue weighted by atomic mass is 19.4. The average Bonchev–Trinajstić information content (AvgIpc) is 3.21. The number of β-amino-alcohol motifs (C(OH)–C–C–N with tert-alkyl or cyclic N) is 1. The van der Waals surface area contributed by atoms with Crippen molar-refractivity contribution in [2.24, 2.45) is 0 Å². The number of aliphatic hydroxyl groups excluding tert-OH is 1. The molecule has 1 aromatic rings. The van der Waals surface area contributed by atoms with E-state index in [-0.39, 0.29) is 30.8 Å². The van der Waals surface area contributed by atoms with Crippen LogP contribution in [0.2, 0.25) is 0 Å². The summed E-state index contributed by atoms with van der Waals surface area (Å²) in [5.74, 6) is -0.514. The van der Waals surface area contributed by atoms with Crippen molar-refractivity contribution in [3.05, 3.63) is 35.4 Å². The highest BCUT2D eigenvalue weighted by molar-refractivity contribution is 5.87. The third kappa shape index (κ3) is 4.82. The van der Waals surface area contributed by atoms with E-state index >= 15 is 0 Å². The normalized spacial score (nSPS) is 25.9. The Morgan fingerprint density at radius 2 is 1.89 bits per heavy atom. The van der Waals surface area contributed by atoms with Gasteiger partial charge in [-0.1, -0.05) is 12.1 Å². The molecule has 6 nitrogen and oxygen atoms in total. The Bertz CT molecular complexity index is 723. The minimum Gasteiger partial charge on any atom is -0.391 e. The Kier molecular flexibility index (Phi) is 5.95. The Morgan fingerprint density at radius 1 is 1.21 bits per heavy atom. The van der Waals surface area contributed by atoms with Crippen LogP contribution in [0.4, 0.5) is 13.2 Å². The molecule has 2 fully saturated rings. The fraction of sp³-hybridized carbons (Fsp3) is 0.579. The van der Waals surface area contributed by atoms with Crippen molar-refractivity contribution in [3.63, 3.8) is 0 Å². The van der Waals surface area contributed by atoms with Crippen LogP contribution in [0.25, 0.3) is 0 Å². The molecule has 2 heterocycles. The van der Waals surface area contributed by atoms with Crippen molar-refractivity contribution in [2.75, 3.05) is 19.6 Å². The second-order valence-corrected chi connectivity index (χ2v) is 7.50. The standard InChI is InChI=1S/C19H24F3N3O3/c1-12(26)25-11-16(27)8-17(25)18(28)23-15-6-7-24(10-15)9-13-2-4-14(5-3-13)19(20,21)22/h2-5,15-17,27H,6-11H2,1H3,(H,23,28)/t15?,16-,17-/m1/s1. The zero-order chi connectivity index (χ0) is 20.5. The summed E-state index contributed by atoms with van der Waals surface area (Å²) in [6.45, 7) is 3.35. The molecule has 0 saturated carbocycles. The number of hydrogen-bond acceptors (Lipinski definition) is 4. The summed E-state index contributed by atoms with van der Waals surface area (Å²) >= 11 is 0. The topological polar surface area (TPSA) is 72.9 Å². The van der Waals surface area contributed by atoms with Gasteiger partial charge in [0.05, 0.1) is 11.7 Å². The first-order valence-corrected chi connectivity index (χ1v) is 9.27. The summed E-state index contributed by atoms with van der Waals surface area (Å²) in [4.78, 5) is 27.6. The smallest absolute Gasteiger partial charge is 0.391 e. The number of amides is 2. The maximum Gasteiger partial charge on any atom is 0.416 e. The predicted octanol–water partition coefficient (Wildman–Crippen LogP) is 1.38. The van der Waals surface area contributed by atoms with Crippen LogP contribution in [0.3, 0.4) is 0 Å². The molecule has 9 heteroatoms. The molecule has 0 bridgehead atoms. The first-order valence-electron chi connectivity index (χ1n) is 9.27. The lowest BCUT2D eigenvalue weighted by molar-refractivity contribution is -0.137. The number of rotatable bonds is 4. The summed E-state index contributed by atoms with van der Waals surface area (Å²) in [5, 5.41) is 12.7. The number of likely N-dealkylation sites (tertiary alicyclic amines) is 2. The van der Waals surface area contributed by atoms with E-state index in [0.717, 1.165) is 30.7 Å². The number of hydrogen-bond donors (Lipinski definition) is 2. The van der Waals surface area contributed by atoms with Crippen LogP contribution < -0.4 is 5.32 Å². The van der Waals surface area contributed by atoms with E-state index in [0.29, 0.717) is 13.1 Å². The summed E-state index contributed by atoms with van der Waals surface area (Å²) in [6, 6.07) is 4.35. The lowest BCUT2D eigenvalue weighted by atomic mass is 10.1. The second kappa shape index (κ2) is 8.08. The lowest BCUT2D eigenvalue weighted by Gasteiger charge is -2.24. The molecule has 3 rings (SSSR count). The molecule has 2 saturated heterocycles. The van der Waals surface area contributed by atoms with E-state index in [9.17, 15) is 27.9 Å². The van der Waals surface area contributed by atoms with Crippen molar-refractivity contribution in [1.82, 2.24) is 15.1 Å². The van der Waals surface area contributed by atoms with Gasteiger partial charge in [0.1, 0.15) is 6.04 Å². The first-order chi connectivity index (χ1) is 13.1. The Morgan fingerprint density at radius 3 is 2.50 bits per heavy atom. The van der Waals surface area contributed by atoms with Crippen molar-refractivity contribution in [3.8, 4) is 0 Å². The zero-order valence-corrected chi connectivity index (χ0v) is 15.6. The van der Waals surface area contributed by atoms with Crippen LogP contribution in [0, 0.1) is 0 Å². The lowest BCUT2D eigenvalue weighted by Crippen LogP contribution is -2.48. The third-order valence-electron chi connectivity index (χ3n) is 5.29. The molecule has 3 atom stereocenters. The summed E-state index contributed by atoms with van der Waals surface area (Å²) in [7, 11) is 0. The molecule has 2 amide bonds. The fourth-order valence-electron chi connectivity index (χ4n) is 3.86. The van der Waals surface area contributed by atoms with Crippen LogP contribution in [-0.2, 0) is 22.3 Å². The number of carbonyl (C=O) groups is 2. The monoisotopic (exact) mass is 399 g/mol. The minimum absolute atomic E-state index is 0.0894. The Balaban J connectivity index is 1.51. The maximum absolute atomic E-state index is 12.6. The van der Waals surface area contributed by atoms with Crippen molar-refractivity contribution >= 4 is 11.8 Å². The van der Waals surface area contributed by atoms with Crippen LogP contribution in [-0.4, -0.2) is 64.5 Å². The minimum atomic E-state index is -4.34. The Labute approximate surface area is 161 Å².